The van der Waals surface area contributed by atoms with Crippen molar-refractivity contribution in [3.63, 3.8) is 0 Å². The van der Waals surface area contributed by atoms with Crippen molar-refractivity contribution in [2.24, 2.45) is 0 Å². The lowest BCUT2D eigenvalue weighted by Gasteiger charge is -2.13. The van der Waals surface area contributed by atoms with Crippen LogP contribution in [0.4, 0.5) is 11.4 Å². The Bertz CT molecular complexity index is 506. The fourth-order valence-corrected chi connectivity index (χ4v) is 2.32. The monoisotopic (exact) mass is 321 g/mol. The molecule has 0 heterocycles. The normalized spacial score (nSPS) is 10.8. The SMILES string of the molecule is CCNc1ccc(NCC)c(CCNS(C)(=O)=O)c1.Cl. The molecule has 0 radical (unpaired) electrons. The summed E-state index contributed by atoms with van der Waals surface area (Å²) in [5.74, 6) is 0. The molecule has 0 aromatic heterocycles. The largest absolute Gasteiger partial charge is 0.385 e. The van der Waals surface area contributed by atoms with Gasteiger partial charge in [0.25, 0.3) is 0 Å². The van der Waals surface area contributed by atoms with Crippen molar-refractivity contribution in [3.05, 3.63) is 23.8 Å². The van der Waals surface area contributed by atoms with Crippen LogP contribution in [0.15, 0.2) is 18.2 Å². The van der Waals surface area contributed by atoms with E-state index < -0.39 is 10.0 Å². The summed E-state index contributed by atoms with van der Waals surface area (Å²) < 4.78 is 24.6. The van der Waals surface area contributed by atoms with E-state index in [4.69, 9.17) is 0 Å². The third kappa shape index (κ3) is 6.98. The molecule has 0 spiro atoms. The summed E-state index contributed by atoms with van der Waals surface area (Å²) in [6.07, 6.45) is 1.84. The third-order valence-electron chi connectivity index (χ3n) is 2.61. The van der Waals surface area contributed by atoms with Crippen molar-refractivity contribution in [2.75, 3.05) is 36.5 Å². The third-order valence-corrected chi connectivity index (χ3v) is 3.34. The molecule has 0 aliphatic carbocycles. The second kappa shape index (κ2) is 9.05. The molecule has 0 aliphatic heterocycles. The van der Waals surface area contributed by atoms with Crippen LogP contribution in [-0.2, 0) is 16.4 Å². The molecule has 0 aliphatic rings. The number of anilines is 2. The molecule has 0 bridgehead atoms. The van der Waals surface area contributed by atoms with Crippen LogP contribution >= 0.6 is 12.4 Å². The van der Waals surface area contributed by atoms with Crippen LogP contribution in [-0.4, -0.2) is 34.3 Å². The molecule has 0 fully saturated rings. The average molecular weight is 322 g/mol. The van der Waals surface area contributed by atoms with Crippen molar-refractivity contribution in [3.8, 4) is 0 Å². The summed E-state index contributed by atoms with van der Waals surface area (Å²) >= 11 is 0. The molecule has 5 nitrogen and oxygen atoms in total. The zero-order valence-electron chi connectivity index (χ0n) is 12.2. The Kier molecular flexibility index (Phi) is 8.60. The molecular formula is C13H24ClN3O2S. The van der Waals surface area contributed by atoms with Gasteiger partial charge in [-0.2, -0.15) is 0 Å². The highest BCUT2D eigenvalue weighted by Crippen LogP contribution is 2.21. The Balaban J connectivity index is 0.00000361. The molecule has 20 heavy (non-hydrogen) atoms. The van der Waals surface area contributed by atoms with Crippen molar-refractivity contribution >= 4 is 33.8 Å². The van der Waals surface area contributed by atoms with E-state index in [1.807, 2.05) is 26.0 Å². The Morgan fingerprint density at radius 3 is 2.30 bits per heavy atom. The van der Waals surface area contributed by atoms with Gasteiger partial charge >= 0.3 is 0 Å². The number of halogens is 1. The molecule has 0 amide bonds. The topological polar surface area (TPSA) is 70.2 Å². The second-order valence-electron chi connectivity index (χ2n) is 4.35. The van der Waals surface area contributed by atoms with Crippen molar-refractivity contribution in [1.82, 2.24) is 4.72 Å². The maximum atomic E-state index is 11.1. The standard InChI is InChI=1S/C13H23N3O2S.ClH/c1-4-14-12-6-7-13(15-5-2)11(10-12)8-9-16-19(3,17)18;/h6-7,10,14-16H,4-5,8-9H2,1-3H3;1H. The Morgan fingerprint density at radius 2 is 1.75 bits per heavy atom. The van der Waals surface area contributed by atoms with Gasteiger partial charge in [-0.25, -0.2) is 13.1 Å². The van der Waals surface area contributed by atoms with Gasteiger partial charge in [0, 0.05) is 31.0 Å². The minimum Gasteiger partial charge on any atom is -0.385 e. The zero-order valence-corrected chi connectivity index (χ0v) is 13.8. The average Bonchev–Trinajstić information content (AvgIpc) is 2.31. The first-order valence-corrected chi connectivity index (χ1v) is 8.40. The van der Waals surface area contributed by atoms with Gasteiger partial charge in [0.2, 0.25) is 10.0 Å². The molecule has 0 saturated carbocycles. The number of hydrogen-bond acceptors (Lipinski definition) is 4. The van der Waals surface area contributed by atoms with Crippen LogP contribution < -0.4 is 15.4 Å². The lowest BCUT2D eigenvalue weighted by Crippen LogP contribution is -2.24. The quantitative estimate of drug-likeness (QED) is 0.685. The minimum absolute atomic E-state index is 0. The summed E-state index contributed by atoms with van der Waals surface area (Å²) in [5.41, 5.74) is 3.22. The minimum atomic E-state index is -3.13. The maximum Gasteiger partial charge on any atom is 0.208 e. The number of benzene rings is 1. The summed E-state index contributed by atoms with van der Waals surface area (Å²) in [7, 11) is -3.13. The van der Waals surface area contributed by atoms with E-state index in [1.54, 1.807) is 0 Å². The van der Waals surface area contributed by atoms with Gasteiger partial charge in [-0.1, -0.05) is 0 Å². The van der Waals surface area contributed by atoms with Crippen molar-refractivity contribution in [2.45, 2.75) is 20.3 Å². The maximum absolute atomic E-state index is 11.1. The molecule has 1 rings (SSSR count). The number of sulfonamides is 1. The molecule has 0 atom stereocenters. The molecular weight excluding hydrogens is 298 g/mol. The molecule has 116 valence electrons. The van der Waals surface area contributed by atoms with Crippen LogP contribution in [0, 0.1) is 0 Å². The van der Waals surface area contributed by atoms with Crippen LogP contribution in [0.2, 0.25) is 0 Å². The molecule has 1 aromatic rings. The van der Waals surface area contributed by atoms with E-state index in [0.29, 0.717) is 13.0 Å². The highest BCUT2D eigenvalue weighted by Gasteiger charge is 2.05. The van der Waals surface area contributed by atoms with E-state index in [-0.39, 0.29) is 12.4 Å². The van der Waals surface area contributed by atoms with Gasteiger partial charge in [-0.15, -0.1) is 12.4 Å². The smallest absolute Gasteiger partial charge is 0.208 e. The molecule has 0 unspecified atom stereocenters. The first-order chi connectivity index (χ1) is 8.96. The summed E-state index contributed by atoms with van der Waals surface area (Å²) in [5, 5.41) is 6.55. The summed E-state index contributed by atoms with van der Waals surface area (Å²) in [6, 6.07) is 6.11. The van der Waals surface area contributed by atoms with Crippen LogP contribution in [0.25, 0.3) is 0 Å². The molecule has 1 aromatic carbocycles. The highest BCUT2D eigenvalue weighted by atomic mass is 35.5. The summed E-state index contributed by atoms with van der Waals surface area (Å²) in [4.78, 5) is 0. The van der Waals surface area contributed by atoms with Crippen LogP contribution in [0.1, 0.15) is 19.4 Å². The molecule has 3 N–H and O–H groups in total. The van der Waals surface area contributed by atoms with E-state index >= 15 is 0 Å². The Labute approximate surface area is 128 Å². The van der Waals surface area contributed by atoms with E-state index in [2.05, 4.69) is 21.4 Å². The van der Waals surface area contributed by atoms with Crippen molar-refractivity contribution in [1.29, 1.82) is 0 Å². The fraction of sp³-hybridized carbons (Fsp3) is 0.538. The van der Waals surface area contributed by atoms with Crippen molar-refractivity contribution < 1.29 is 8.42 Å². The predicted octanol–water partition coefficient (Wildman–Crippen LogP) is 2.06. The number of nitrogens with one attached hydrogen (secondary N) is 3. The Hall–Kier alpha value is -0.980. The number of hydrogen-bond donors (Lipinski definition) is 3. The van der Waals surface area contributed by atoms with Crippen LogP contribution in [0.3, 0.4) is 0 Å². The second-order valence-corrected chi connectivity index (χ2v) is 6.18. The number of rotatable bonds is 8. The van der Waals surface area contributed by atoms with E-state index in [1.165, 1.54) is 6.26 Å². The van der Waals surface area contributed by atoms with E-state index in [0.717, 1.165) is 30.0 Å². The van der Waals surface area contributed by atoms with E-state index in [9.17, 15) is 8.42 Å². The van der Waals surface area contributed by atoms with Gasteiger partial charge in [0.05, 0.1) is 6.26 Å². The molecule has 7 heteroatoms. The highest BCUT2D eigenvalue weighted by molar-refractivity contribution is 7.88. The van der Waals surface area contributed by atoms with Gasteiger partial charge in [0.1, 0.15) is 0 Å². The first kappa shape index (κ1) is 19.0. The molecule has 0 saturated heterocycles. The summed E-state index contributed by atoms with van der Waals surface area (Å²) in [6.45, 7) is 6.20. The van der Waals surface area contributed by atoms with Gasteiger partial charge in [0.15, 0.2) is 0 Å². The first-order valence-electron chi connectivity index (χ1n) is 6.51. The van der Waals surface area contributed by atoms with Gasteiger partial charge < -0.3 is 10.6 Å². The lowest BCUT2D eigenvalue weighted by atomic mass is 10.1. The Morgan fingerprint density at radius 1 is 1.10 bits per heavy atom. The van der Waals surface area contributed by atoms with Gasteiger partial charge in [-0.05, 0) is 44.0 Å². The lowest BCUT2D eigenvalue weighted by molar-refractivity contribution is 0.588. The predicted molar refractivity (Wildman–Crippen MR) is 88.6 cm³/mol. The fourth-order valence-electron chi connectivity index (χ4n) is 1.85. The zero-order chi connectivity index (χ0) is 14.3. The van der Waals surface area contributed by atoms with Crippen LogP contribution in [0.5, 0.6) is 0 Å². The van der Waals surface area contributed by atoms with Gasteiger partial charge in [-0.3, -0.25) is 0 Å².